The number of carbonyl (C=O) groups is 1. The Morgan fingerprint density at radius 1 is 1.20 bits per heavy atom. The van der Waals surface area contributed by atoms with E-state index in [2.05, 4.69) is 20.3 Å². The number of aldehydes is 1. The number of anilines is 2. The van der Waals surface area contributed by atoms with Crippen molar-refractivity contribution in [2.75, 3.05) is 11.1 Å². The van der Waals surface area contributed by atoms with Crippen LogP contribution >= 0.6 is 11.6 Å². The van der Waals surface area contributed by atoms with E-state index in [0.29, 0.717) is 33.0 Å². The minimum Gasteiger partial charge on any atom is -0.368 e. The van der Waals surface area contributed by atoms with E-state index in [4.69, 9.17) is 17.3 Å². The van der Waals surface area contributed by atoms with Gasteiger partial charge in [0.15, 0.2) is 0 Å². The summed E-state index contributed by atoms with van der Waals surface area (Å²) in [5, 5.41) is 4.89. The second-order valence-corrected chi connectivity index (χ2v) is 7.26. The maximum atomic E-state index is 12.5. The van der Waals surface area contributed by atoms with Gasteiger partial charge in [0.1, 0.15) is 12.1 Å². The Bertz CT molecular complexity index is 1320. The summed E-state index contributed by atoms with van der Waals surface area (Å²) in [5.74, 6) is 0.601. The molecule has 0 aliphatic carbocycles. The summed E-state index contributed by atoms with van der Waals surface area (Å²) in [7, 11) is 0. The number of halogens is 1. The van der Waals surface area contributed by atoms with E-state index in [-0.39, 0.29) is 17.5 Å². The van der Waals surface area contributed by atoms with Crippen LogP contribution in [0.25, 0.3) is 21.9 Å². The molecular formula is C22H18ClN5O2. The van der Waals surface area contributed by atoms with Crippen molar-refractivity contribution in [1.82, 2.24) is 15.0 Å². The van der Waals surface area contributed by atoms with Gasteiger partial charge in [-0.1, -0.05) is 41.9 Å². The smallest absolute Gasteiger partial charge is 0.257 e. The molecule has 0 aliphatic heterocycles. The molecule has 30 heavy (non-hydrogen) atoms. The number of hydrogen-bond acceptors (Lipinski definition) is 6. The highest BCUT2D eigenvalue weighted by atomic mass is 35.5. The van der Waals surface area contributed by atoms with Crippen molar-refractivity contribution < 1.29 is 4.79 Å². The number of hydrogen-bond donors (Lipinski definition) is 3. The van der Waals surface area contributed by atoms with E-state index >= 15 is 0 Å². The van der Waals surface area contributed by atoms with Crippen LogP contribution in [-0.4, -0.2) is 21.2 Å². The fraction of sp³-hybridized carbons (Fsp3) is 0.0909. The molecule has 1 unspecified atom stereocenters. The molecule has 7 nitrogen and oxygen atoms in total. The van der Waals surface area contributed by atoms with Crippen LogP contribution in [0.3, 0.4) is 0 Å². The molecule has 150 valence electrons. The van der Waals surface area contributed by atoms with Crippen LogP contribution in [0.1, 0.15) is 29.0 Å². The number of aromatic nitrogens is 3. The Hall–Kier alpha value is -3.71. The number of benzene rings is 2. The van der Waals surface area contributed by atoms with Crippen LogP contribution in [0.5, 0.6) is 0 Å². The topological polar surface area (TPSA) is 114 Å². The van der Waals surface area contributed by atoms with Gasteiger partial charge >= 0.3 is 0 Å². The van der Waals surface area contributed by atoms with Crippen molar-refractivity contribution in [3.8, 4) is 11.1 Å². The van der Waals surface area contributed by atoms with Crippen LogP contribution in [-0.2, 0) is 0 Å². The Balaban J connectivity index is 1.74. The molecular weight excluding hydrogens is 402 g/mol. The molecule has 0 saturated carbocycles. The largest absolute Gasteiger partial charge is 0.368 e. The molecule has 0 fully saturated rings. The van der Waals surface area contributed by atoms with Crippen molar-refractivity contribution >= 4 is 40.4 Å². The first-order chi connectivity index (χ1) is 14.5. The minimum atomic E-state index is -0.302. The van der Waals surface area contributed by atoms with Crippen LogP contribution in [0.2, 0.25) is 5.02 Å². The number of H-pyrrole nitrogens is 1. The lowest BCUT2D eigenvalue weighted by Gasteiger charge is -2.18. The van der Waals surface area contributed by atoms with Gasteiger partial charge in [0, 0.05) is 23.0 Å². The third-order valence-corrected chi connectivity index (χ3v) is 5.12. The molecule has 2 heterocycles. The lowest BCUT2D eigenvalue weighted by Crippen LogP contribution is -2.17. The number of nitrogens with zero attached hydrogens (tertiary/aromatic N) is 2. The van der Waals surface area contributed by atoms with E-state index < -0.39 is 0 Å². The highest BCUT2D eigenvalue weighted by Crippen LogP contribution is 2.30. The zero-order chi connectivity index (χ0) is 21.3. The fourth-order valence-electron chi connectivity index (χ4n) is 3.31. The standard InChI is InChI=1S/C22H18ClN5O2/c1-12(18-9-15-6-3-7-17(23)19(15)21(30)27-18)26-20-16(10-25-22(24)28-20)14-5-2-4-13(8-14)11-29/h2-12H,1H3,(H,27,30)(H3,24,25,26,28). The van der Waals surface area contributed by atoms with E-state index in [9.17, 15) is 9.59 Å². The molecule has 8 heteroatoms. The molecule has 1 atom stereocenters. The van der Waals surface area contributed by atoms with Crippen LogP contribution in [0.4, 0.5) is 11.8 Å². The van der Waals surface area contributed by atoms with Gasteiger partial charge in [0.05, 0.1) is 16.5 Å². The average molecular weight is 420 g/mol. The van der Waals surface area contributed by atoms with Crippen molar-refractivity contribution in [2.45, 2.75) is 13.0 Å². The third-order valence-electron chi connectivity index (χ3n) is 4.80. The zero-order valence-electron chi connectivity index (χ0n) is 16.0. The predicted octanol–water partition coefficient (Wildman–Crippen LogP) is 4.21. The van der Waals surface area contributed by atoms with Gasteiger partial charge in [-0.05, 0) is 36.1 Å². The number of nitrogens with one attached hydrogen (secondary N) is 2. The summed E-state index contributed by atoms with van der Waals surface area (Å²) in [4.78, 5) is 35.0. The van der Waals surface area contributed by atoms with E-state index in [1.54, 1.807) is 36.5 Å². The van der Waals surface area contributed by atoms with Crippen molar-refractivity contribution in [1.29, 1.82) is 0 Å². The van der Waals surface area contributed by atoms with Crippen LogP contribution in [0, 0.1) is 0 Å². The quantitative estimate of drug-likeness (QED) is 0.417. The van der Waals surface area contributed by atoms with Gasteiger partial charge in [-0.25, -0.2) is 4.98 Å². The van der Waals surface area contributed by atoms with E-state index in [1.807, 2.05) is 25.1 Å². The maximum absolute atomic E-state index is 12.5. The first-order valence-electron chi connectivity index (χ1n) is 9.22. The molecule has 4 aromatic rings. The highest BCUT2D eigenvalue weighted by molar-refractivity contribution is 6.35. The van der Waals surface area contributed by atoms with Gasteiger partial charge in [-0.3, -0.25) is 9.59 Å². The first-order valence-corrected chi connectivity index (χ1v) is 9.60. The number of aromatic amines is 1. The zero-order valence-corrected chi connectivity index (χ0v) is 16.8. The molecule has 4 N–H and O–H groups in total. The molecule has 4 rings (SSSR count). The maximum Gasteiger partial charge on any atom is 0.257 e. The Labute approximate surface area is 176 Å². The monoisotopic (exact) mass is 419 g/mol. The summed E-state index contributed by atoms with van der Waals surface area (Å²) in [6.07, 6.45) is 2.38. The Morgan fingerprint density at radius 3 is 2.80 bits per heavy atom. The number of pyridine rings is 1. The number of nitrogens with two attached hydrogens (primary N) is 1. The van der Waals surface area contributed by atoms with Gasteiger partial charge in [-0.2, -0.15) is 4.98 Å². The van der Waals surface area contributed by atoms with Gasteiger partial charge in [0.25, 0.3) is 5.56 Å². The Morgan fingerprint density at radius 2 is 2.00 bits per heavy atom. The number of rotatable bonds is 5. The van der Waals surface area contributed by atoms with Gasteiger partial charge in [-0.15, -0.1) is 0 Å². The van der Waals surface area contributed by atoms with Gasteiger partial charge < -0.3 is 16.0 Å². The summed E-state index contributed by atoms with van der Waals surface area (Å²) >= 11 is 6.16. The molecule has 0 saturated heterocycles. The van der Waals surface area contributed by atoms with Crippen LogP contribution in [0.15, 0.2) is 59.5 Å². The summed E-state index contributed by atoms with van der Waals surface area (Å²) < 4.78 is 0. The predicted molar refractivity (Wildman–Crippen MR) is 119 cm³/mol. The molecule has 0 spiro atoms. The lowest BCUT2D eigenvalue weighted by molar-refractivity contribution is 0.112. The molecule has 0 radical (unpaired) electrons. The molecule has 2 aromatic carbocycles. The average Bonchev–Trinajstić information content (AvgIpc) is 2.73. The van der Waals surface area contributed by atoms with Crippen molar-refractivity contribution in [3.05, 3.63) is 81.4 Å². The normalized spacial score (nSPS) is 11.9. The Kier molecular flexibility index (Phi) is 5.20. The first kappa shape index (κ1) is 19.6. The van der Waals surface area contributed by atoms with E-state index in [1.165, 1.54) is 0 Å². The number of nitrogen functional groups attached to an aromatic ring is 1. The number of fused-ring (bicyclic) bond motifs is 1. The van der Waals surface area contributed by atoms with Crippen molar-refractivity contribution in [2.24, 2.45) is 0 Å². The summed E-state index contributed by atoms with van der Waals surface area (Å²) in [5.41, 5.74) is 8.20. The van der Waals surface area contributed by atoms with Crippen molar-refractivity contribution in [3.63, 3.8) is 0 Å². The summed E-state index contributed by atoms with van der Waals surface area (Å²) in [6, 6.07) is 14.0. The van der Waals surface area contributed by atoms with Gasteiger partial charge in [0.2, 0.25) is 5.95 Å². The van der Waals surface area contributed by atoms with E-state index in [0.717, 1.165) is 17.2 Å². The molecule has 2 aromatic heterocycles. The second-order valence-electron chi connectivity index (χ2n) is 6.86. The third kappa shape index (κ3) is 3.75. The lowest BCUT2D eigenvalue weighted by atomic mass is 10.0. The molecule has 0 bridgehead atoms. The minimum absolute atomic E-state index is 0.110. The van der Waals surface area contributed by atoms with Crippen LogP contribution < -0.4 is 16.6 Å². The number of carbonyl (C=O) groups excluding carboxylic acids is 1. The second kappa shape index (κ2) is 7.96. The SMILES string of the molecule is CC(Nc1nc(N)ncc1-c1cccc(C=O)c1)c1cc2cccc(Cl)c2c(=O)[nH]1. The molecule has 0 amide bonds. The summed E-state index contributed by atoms with van der Waals surface area (Å²) in [6.45, 7) is 1.89. The highest BCUT2D eigenvalue weighted by Gasteiger charge is 2.15. The molecule has 0 aliphatic rings. The fourth-order valence-corrected chi connectivity index (χ4v) is 3.58.